The molecular weight excluding hydrogens is 344 g/mol. The number of benzene rings is 2. The lowest BCUT2D eigenvalue weighted by molar-refractivity contribution is -0.148. The van der Waals surface area contributed by atoms with Crippen LogP contribution in [0.15, 0.2) is 48.5 Å². The van der Waals surface area contributed by atoms with Gasteiger partial charge in [-0.2, -0.15) is 0 Å². The van der Waals surface area contributed by atoms with Crippen LogP contribution in [0.4, 0.5) is 0 Å². The smallest absolute Gasteiger partial charge is 0.308 e. The molecule has 148 valence electrons. The van der Waals surface area contributed by atoms with Gasteiger partial charge in [0.25, 0.3) is 0 Å². The normalized spacial score (nSPS) is 14.1. The number of allylic oxidation sites excluding steroid dienone is 1. The van der Waals surface area contributed by atoms with E-state index in [9.17, 15) is 4.79 Å². The van der Waals surface area contributed by atoms with Crippen LogP contribution in [0.2, 0.25) is 0 Å². The second-order valence-corrected chi connectivity index (χ2v) is 7.81. The van der Waals surface area contributed by atoms with E-state index in [0.717, 1.165) is 44.9 Å². The van der Waals surface area contributed by atoms with Gasteiger partial charge in [-0.05, 0) is 72.8 Å². The van der Waals surface area contributed by atoms with Gasteiger partial charge in [-0.15, -0.1) is 0 Å². The molecular formula is C26H32O2. The number of hydrogen-bond acceptors (Lipinski definition) is 2. The van der Waals surface area contributed by atoms with Gasteiger partial charge < -0.3 is 4.74 Å². The summed E-state index contributed by atoms with van der Waals surface area (Å²) in [5.74, 6) is -0.0420. The SMILES string of the molecule is CCC(C)C(=O)OCCCCCc1cccc2c1C=C(c1ccccc1)CC2. The van der Waals surface area contributed by atoms with Crippen molar-refractivity contribution in [1.29, 1.82) is 0 Å². The number of unbranched alkanes of at least 4 members (excludes halogenated alkanes) is 2. The van der Waals surface area contributed by atoms with Gasteiger partial charge in [0, 0.05) is 0 Å². The van der Waals surface area contributed by atoms with Gasteiger partial charge in [0.1, 0.15) is 0 Å². The molecule has 2 aromatic carbocycles. The maximum Gasteiger partial charge on any atom is 0.308 e. The number of aryl methyl sites for hydroxylation is 2. The lowest BCUT2D eigenvalue weighted by atomic mass is 9.85. The van der Waals surface area contributed by atoms with Crippen molar-refractivity contribution in [1.82, 2.24) is 0 Å². The second-order valence-electron chi connectivity index (χ2n) is 7.81. The first-order valence-corrected chi connectivity index (χ1v) is 10.7. The maximum absolute atomic E-state index is 11.7. The van der Waals surface area contributed by atoms with Crippen LogP contribution in [0.5, 0.6) is 0 Å². The van der Waals surface area contributed by atoms with E-state index in [1.54, 1.807) is 0 Å². The highest BCUT2D eigenvalue weighted by molar-refractivity contribution is 5.85. The Kier molecular flexibility index (Phi) is 7.47. The molecule has 0 radical (unpaired) electrons. The molecule has 0 fully saturated rings. The molecule has 28 heavy (non-hydrogen) atoms. The van der Waals surface area contributed by atoms with E-state index in [1.807, 2.05) is 13.8 Å². The average Bonchev–Trinajstić information content (AvgIpc) is 2.75. The van der Waals surface area contributed by atoms with Gasteiger partial charge in [0.2, 0.25) is 0 Å². The lowest BCUT2D eigenvalue weighted by Crippen LogP contribution is -2.14. The van der Waals surface area contributed by atoms with Gasteiger partial charge in [-0.3, -0.25) is 4.79 Å². The topological polar surface area (TPSA) is 26.3 Å². The van der Waals surface area contributed by atoms with Crippen LogP contribution in [-0.2, 0) is 22.4 Å². The van der Waals surface area contributed by atoms with Crippen molar-refractivity contribution in [2.45, 2.75) is 58.8 Å². The molecule has 2 nitrogen and oxygen atoms in total. The first kappa shape index (κ1) is 20.4. The summed E-state index contributed by atoms with van der Waals surface area (Å²) in [5.41, 5.74) is 7.13. The Morgan fingerprint density at radius 1 is 1.00 bits per heavy atom. The van der Waals surface area contributed by atoms with Crippen molar-refractivity contribution in [3.05, 3.63) is 70.8 Å². The highest BCUT2D eigenvalue weighted by Gasteiger charge is 2.15. The van der Waals surface area contributed by atoms with E-state index in [0.29, 0.717) is 6.61 Å². The summed E-state index contributed by atoms with van der Waals surface area (Å²) in [6, 6.07) is 17.5. The molecule has 0 amide bonds. The molecule has 0 bridgehead atoms. The Bertz CT molecular complexity index is 804. The molecule has 3 rings (SSSR count). The first-order chi connectivity index (χ1) is 13.7. The van der Waals surface area contributed by atoms with E-state index in [1.165, 1.54) is 27.8 Å². The summed E-state index contributed by atoms with van der Waals surface area (Å²) in [6.07, 6.45) is 9.73. The summed E-state index contributed by atoms with van der Waals surface area (Å²) < 4.78 is 5.35. The molecule has 1 unspecified atom stereocenters. The standard InChI is InChI=1S/C26H32O2/c1-3-20(2)26(27)28-18-9-5-8-13-22-14-10-15-23-16-17-24(19-25(22)23)21-11-6-4-7-12-21/h4,6-7,10-12,14-15,19-20H,3,5,8-9,13,16-18H2,1-2H3. The Morgan fingerprint density at radius 3 is 2.61 bits per heavy atom. The third kappa shape index (κ3) is 5.34. The first-order valence-electron chi connectivity index (χ1n) is 10.7. The molecule has 0 aliphatic heterocycles. The molecule has 1 atom stereocenters. The number of ether oxygens (including phenoxy) is 1. The fourth-order valence-corrected chi connectivity index (χ4v) is 3.76. The van der Waals surface area contributed by atoms with Crippen LogP contribution in [0.25, 0.3) is 11.6 Å². The van der Waals surface area contributed by atoms with E-state index in [4.69, 9.17) is 4.74 Å². The number of esters is 1. The van der Waals surface area contributed by atoms with Crippen LogP contribution < -0.4 is 0 Å². The zero-order valence-corrected chi connectivity index (χ0v) is 17.2. The van der Waals surface area contributed by atoms with Gasteiger partial charge >= 0.3 is 5.97 Å². The van der Waals surface area contributed by atoms with E-state index in [2.05, 4.69) is 54.6 Å². The number of carbonyl (C=O) groups is 1. The molecule has 2 heteroatoms. The Labute approximate surface area is 169 Å². The predicted molar refractivity (Wildman–Crippen MR) is 117 cm³/mol. The Morgan fingerprint density at radius 2 is 1.82 bits per heavy atom. The minimum Gasteiger partial charge on any atom is -0.465 e. The zero-order chi connectivity index (χ0) is 19.8. The summed E-state index contributed by atoms with van der Waals surface area (Å²) in [7, 11) is 0. The van der Waals surface area contributed by atoms with Crippen molar-refractivity contribution >= 4 is 17.6 Å². The molecule has 1 aliphatic rings. The van der Waals surface area contributed by atoms with Crippen molar-refractivity contribution < 1.29 is 9.53 Å². The Hall–Kier alpha value is -2.35. The van der Waals surface area contributed by atoms with E-state index >= 15 is 0 Å². The van der Waals surface area contributed by atoms with Gasteiger partial charge in [0.15, 0.2) is 0 Å². The quantitative estimate of drug-likeness (QED) is 0.370. The maximum atomic E-state index is 11.7. The van der Waals surface area contributed by atoms with Gasteiger partial charge in [-0.1, -0.05) is 68.5 Å². The highest BCUT2D eigenvalue weighted by atomic mass is 16.5. The fraction of sp³-hybridized carbons (Fsp3) is 0.423. The second kappa shape index (κ2) is 10.3. The minimum atomic E-state index is -0.0572. The molecule has 0 heterocycles. The van der Waals surface area contributed by atoms with Gasteiger partial charge in [-0.25, -0.2) is 0 Å². The largest absolute Gasteiger partial charge is 0.465 e. The van der Waals surface area contributed by atoms with E-state index in [-0.39, 0.29) is 11.9 Å². The van der Waals surface area contributed by atoms with Crippen molar-refractivity contribution in [2.75, 3.05) is 6.61 Å². The van der Waals surface area contributed by atoms with E-state index < -0.39 is 0 Å². The van der Waals surface area contributed by atoms with Crippen LogP contribution in [-0.4, -0.2) is 12.6 Å². The number of hydrogen-bond donors (Lipinski definition) is 0. The molecule has 1 aliphatic carbocycles. The number of fused-ring (bicyclic) bond motifs is 1. The summed E-state index contributed by atoms with van der Waals surface area (Å²) in [6.45, 7) is 4.50. The van der Waals surface area contributed by atoms with Crippen molar-refractivity contribution in [2.24, 2.45) is 5.92 Å². The Balaban J connectivity index is 1.54. The zero-order valence-electron chi connectivity index (χ0n) is 17.2. The average molecular weight is 377 g/mol. The highest BCUT2D eigenvalue weighted by Crippen LogP contribution is 2.32. The summed E-state index contributed by atoms with van der Waals surface area (Å²) in [5, 5.41) is 0. The molecule has 0 saturated heterocycles. The predicted octanol–water partition coefficient (Wildman–Crippen LogP) is 6.48. The molecule has 0 N–H and O–H groups in total. The van der Waals surface area contributed by atoms with Gasteiger partial charge in [0.05, 0.1) is 12.5 Å². The third-order valence-electron chi connectivity index (χ3n) is 5.76. The molecule has 0 spiro atoms. The number of rotatable bonds is 9. The van der Waals surface area contributed by atoms with Crippen LogP contribution >= 0.6 is 0 Å². The van der Waals surface area contributed by atoms with Crippen LogP contribution in [0, 0.1) is 5.92 Å². The third-order valence-corrected chi connectivity index (χ3v) is 5.76. The van der Waals surface area contributed by atoms with Crippen LogP contribution in [0.3, 0.4) is 0 Å². The lowest BCUT2D eigenvalue weighted by Gasteiger charge is -2.20. The van der Waals surface area contributed by atoms with Crippen molar-refractivity contribution in [3.8, 4) is 0 Å². The minimum absolute atomic E-state index is 0.0152. The summed E-state index contributed by atoms with van der Waals surface area (Å²) >= 11 is 0. The summed E-state index contributed by atoms with van der Waals surface area (Å²) in [4.78, 5) is 11.7. The van der Waals surface area contributed by atoms with Crippen LogP contribution in [0.1, 0.15) is 68.2 Å². The monoisotopic (exact) mass is 376 g/mol. The fourth-order valence-electron chi connectivity index (χ4n) is 3.76. The van der Waals surface area contributed by atoms with Crippen molar-refractivity contribution in [3.63, 3.8) is 0 Å². The molecule has 0 saturated carbocycles. The number of carbonyl (C=O) groups excluding carboxylic acids is 1. The molecule has 2 aromatic rings. The molecule has 0 aromatic heterocycles.